The molecule has 3 rings (SSSR count). The zero-order valence-electron chi connectivity index (χ0n) is 11.3. The van der Waals surface area contributed by atoms with Gasteiger partial charge >= 0.3 is 0 Å². The Hall–Kier alpha value is -0.840. The lowest BCUT2D eigenvalue weighted by Crippen LogP contribution is -2.52. The molecule has 2 atom stereocenters. The summed E-state index contributed by atoms with van der Waals surface area (Å²) >= 11 is 5.84. The van der Waals surface area contributed by atoms with E-state index in [1.807, 2.05) is 0 Å². The maximum Gasteiger partial charge on any atom is 0.243 e. The number of halogens is 1. The van der Waals surface area contributed by atoms with E-state index < -0.39 is 10.0 Å². The Morgan fingerprint density at radius 1 is 1.10 bits per heavy atom. The van der Waals surface area contributed by atoms with Gasteiger partial charge in [0, 0.05) is 17.1 Å². The summed E-state index contributed by atoms with van der Waals surface area (Å²) in [6.07, 6.45) is 4.56. The minimum Gasteiger partial charge on any atom is -0.207 e. The third kappa shape index (κ3) is 2.41. The Morgan fingerprint density at radius 3 is 2.20 bits per heavy atom. The third-order valence-electron chi connectivity index (χ3n) is 4.23. The van der Waals surface area contributed by atoms with Crippen molar-refractivity contribution in [3.8, 4) is 0 Å². The molecule has 1 aromatic rings. The van der Waals surface area contributed by atoms with Crippen molar-refractivity contribution < 1.29 is 8.42 Å². The molecular formula is C15H18ClNO2S. The Bertz CT molecular complexity index is 608. The van der Waals surface area contributed by atoms with Gasteiger partial charge in [-0.05, 0) is 49.9 Å². The van der Waals surface area contributed by atoms with Gasteiger partial charge in [0.2, 0.25) is 10.0 Å². The van der Waals surface area contributed by atoms with Crippen LogP contribution >= 0.6 is 11.6 Å². The molecule has 2 aliphatic rings. The van der Waals surface area contributed by atoms with E-state index in [0.29, 0.717) is 9.92 Å². The van der Waals surface area contributed by atoms with Crippen molar-refractivity contribution in [2.75, 3.05) is 0 Å². The molecule has 0 aromatic heterocycles. The first kappa shape index (κ1) is 14.1. The van der Waals surface area contributed by atoms with Gasteiger partial charge in [0.05, 0.1) is 4.90 Å². The maximum absolute atomic E-state index is 12.9. The fraction of sp³-hybridized carbons (Fsp3) is 0.467. The summed E-state index contributed by atoms with van der Waals surface area (Å²) in [7, 11) is -3.43. The first-order chi connectivity index (χ1) is 9.48. The van der Waals surface area contributed by atoms with Crippen molar-refractivity contribution in [3.63, 3.8) is 0 Å². The van der Waals surface area contributed by atoms with Gasteiger partial charge in [0.1, 0.15) is 0 Å². The van der Waals surface area contributed by atoms with Crippen LogP contribution in [0.25, 0.3) is 0 Å². The van der Waals surface area contributed by atoms with E-state index in [1.54, 1.807) is 28.6 Å². The second-order valence-electron chi connectivity index (χ2n) is 5.69. The summed E-state index contributed by atoms with van der Waals surface area (Å²) in [5.41, 5.74) is 1.18. The molecule has 0 saturated carbocycles. The monoisotopic (exact) mass is 311 g/mol. The highest BCUT2D eigenvalue weighted by molar-refractivity contribution is 7.89. The average molecular weight is 312 g/mol. The van der Waals surface area contributed by atoms with E-state index in [2.05, 4.69) is 6.58 Å². The van der Waals surface area contributed by atoms with E-state index in [9.17, 15) is 8.42 Å². The van der Waals surface area contributed by atoms with Crippen molar-refractivity contribution in [3.05, 3.63) is 41.4 Å². The van der Waals surface area contributed by atoms with Gasteiger partial charge in [-0.2, -0.15) is 4.31 Å². The van der Waals surface area contributed by atoms with Crippen LogP contribution in [0.2, 0.25) is 5.02 Å². The molecule has 2 fully saturated rings. The third-order valence-corrected chi connectivity index (χ3v) is 6.50. The SMILES string of the molecule is C=C1CC2CCCC(C1)N2S(=O)(=O)c1ccc(Cl)cc1. The van der Waals surface area contributed by atoms with E-state index in [1.165, 1.54) is 5.57 Å². The lowest BCUT2D eigenvalue weighted by molar-refractivity contribution is 0.151. The van der Waals surface area contributed by atoms with Crippen molar-refractivity contribution in [2.45, 2.75) is 49.1 Å². The van der Waals surface area contributed by atoms with Crippen LogP contribution in [0.5, 0.6) is 0 Å². The fourth-order valence-corrected chi connectivity index (χ4v) is 5.39. The molecule has 0 radical (unpaired) electrons. The topological polar surface area (TPSA) is 37.4 Å². The van der Waals surface area contributed by atoms with Crippen LogP contribution in [0.1, 0.15) is 32.1 Å². The van der Waals surface area contributed by atoms with Crippen molar-refractivity contribution in [1.82, 2.24) is 4.31 Å². The molecule has 1 aromatic carbocycles. The highest BCUT2D eigenvalue weighted by Crippen LogP contribution is 2.39. The molecule has 0 aliphatic carbocycles. The maximum atomic E-state index is 12.9. The molecule has 2 bridgehead atoms. The first-order valence-electron chi connectivity index (χ1n) is 6.94. The van der Waals surface area contributed by atoms with Crippen LogP contribution in [0, 0.1) is 0 Å². The smallest absolute Gasteiger partial charge is 0.207 e. The minimum absolute atomic E-state index is 0.0793. The van der Waals surface area contributed by atoms with E-state index >= 15 is 0 Å². The number of fused-ring (bicyclic) bond motifs is 2. The number of rotatable bonds is 2. The van der Waals surface area contributed by atoms with E-state index in [0.717, 1.165) is 32.1 Å². The molecule has 2 heterocycles. The molecule has 0 amide bonds. The summed E-state index contributed by atoms with van der Waals surface area (Å²) in [4.78, 5) is 0.339. The van der Waals surface area contributed by atoms with Crippen LogP contribution < -0.4 is 0 Å². The Morgan fingerprint density at radius 2 is 1.65 bits per heavy atom. The number of sulfonamides is 1. The summed E-state index contributed by atoms with van der Waals surface area (Å²) < 4.78 is 27.5. The Balaban J connectivity index is 1.98. The van der Waals surface area contributed by atoms with Gasteiger partial charge < -0.3 is 0 Å². The highest BCUT2D eigenvalue weighted by atomic mass is 35.5. The molecule has 0 spiro atoms. The van der Waals surface area contributed by atoms with Gasteiger partial charge in [-0.15, -0.1) is 0 Å². The van der Waals surface area contributed by atoms with E-state index in [4.69, 9.17) is 11.6 Å². The predicted octanol–water partition coefficient (Wildman–Crippen LogP) is 3.60. The molecular weight excluding hydrogens is 294 g/mol. The first-order valence-corrected chi connectivity index (χ1v) is 8.76. The molecule has 2 unspecified atom stereocenters. The highest BCUT2D eigenvalue weighted by Gasteiger charge is 2.42. The molecule has 3 nitrogen and oxygen atoms in total. The van der Waals surface area contributed by atoms with Gasteiger partial charge in [0.25, 0.3) is 0 Å². The summed E-state index contributed by atoms with van der Waals surface area (Å²) in [5.74, 6) is 0. The second kappa shape index (κ2) is 5.17. The molecule has 5 heteroatoms. The van der Waals surface area contributed by atoms with Gasteiger partial charge in [-0.25, -0.2) is 8.42 Å². The Kier molecular flexibility index (Phi) is 3.65. The standard InChI is InChI=1S/C15H18ClNO2S/c1-11-9-13-3-2-4-14(10-11)17(13)20(18,19)15-7-5-12(16)6-8-15/h5-8,13-14H,1-4,9-10H2. The number of nitrogens with zero attached hydrogens (tertiary/aromatic N) is 1. The van der Waals surface area contributed by atoms with Crippen LogP contribution in [-0.2, 0) is 10.0 Å². The largest absolute Gasteiger partial charge is 0.243 e. The number of hydrogen-bond donors (Lipinski definition) is 0. The normalized spacial score (nSPS) is 27.6. The molecule has 0 N–H and O–H groups in total. The Labute approximate surface area is 125 Å². The van der Waals surface area contributed by atoms with Crippen LogP contribution in [0.15, 0.2) is 41.3 Å². The van der Waals surface area contributed by atoms with Crippen LogP contribution in [0.3, 0.4) is 0 Å². The lowest BCUT2D eigenvalue weighted by Gasteiger charge is -2.45. The molecule has 20 heavy (non-hydrogen) atoms. The molecule has 2 saturated heterocycles. The summed E-state index contributed by atoms with van der Waals surface area (Å²) in [6, 6.07) is 6.61. The second-order valence-corrected chi connectivity index (χ2v) is 7.97. The lowest BCUT2D eigenvalue weighted by atomic mass is 9.84. The van der Waals surface area contributed by atoms with E-state index in [-0.39, 0.29) is 12.1 Å². The van der Waals surface area contributed by atoms with Crippen LogP contribution in [-0.4, -0.2) is 24.8 Å². The van der Waals surface area contributed by atoms with Crippen molar-refractivity contribution in [1.29, 1.82) is 0 Å². The molecule has 108 valence electrons. The summed E-state index contributed by atoms with van der Waals surface area (Å²) in [5, 5.41) is 0.552. The number of benzene rings is 1. The predicted molar refractivity (Wildman–Crippen MR) is 80.3 cm³/mol. The van der Waals surface area contributed by atoms with Gasteiger partial charge in [0.15, 0.2) is 0 Å². The zero-order chi connectivity index (χ0) is 14.3. The van der Waals surface area contributed by atoms with Crippen LogP contribution in [0.4, 0.5) is 0 Å². The molecule has 2 aliphatic heterocycles. The van der Waals surface area contributed by atoms with Crippen molar-refractivity contribution in [2.24, 2.45) is 0 Å². The number of hydrogen-bond acceptors (Lipinski definition) is 2. The van der Waals surface area contributed by atoms with Crippen molar-refractivity contribution >= 4 is 21.6 Å². The average Bonchev–Trinajstić information content (AvgIpc) is 2.37. The number of piperidine rings is 2. The fourth-order valence-electron chi connectivity index (χ4n) is 3.40. The van der Waals surface area contributed by atoms with Gasteiger partial charge in [-0.1, -0.05) is 30.2 Å². The summed E-state index contributed by atoms with van der Waals surface area (Å²) in [6.45, 7) is 4.06. The van der Waals surface area contributed by atoms with Gasteiger partial charge in [-0.3, -0.25) is 0 Å². The minimum atomic E-state index is -3.43. The quantitative estimate of drug-likeness (QED) is 0.783. The zero-order valence-corrected chi connectivity index (χ0v) is 12.8.